The first-order valence-corrected chi connectivity index (χ1v) is 7.87. The monoisotopic (exact) mass is 291 g/mol. The second-order valence-corrected chi connectivity index (χ2v) is 5.88. The average molecular weight is 291 g/mol. The summed E-state index contributed by atoms with van der Waals surface area (Å²) in [7, 11) is 0. The van der Waals surface area contributed by atoms with Crippen LogP contribution in [0.3, 0.4) is 0 Å². The molecule has 2 nitrogen and oxygen atoms in total. The van der Waals surface area contributed by atoms with Gasteiger partial charge >= 0.3 is 0 Å². The molecule has 2 aromatic carbocycles. The highest BCUT2D eigenvalue weighted by atomic mass is 16.1. The quantitative estimate of drug-likeness (QED) is 0.923. The van der Waals surface area contributed by atoms with E-state index in [0.29, 0.717) is 17.7 Å². The fourth-order valence-electron chi connectivity index (χ4n) is 3.20. The summed E-state index contributed by atoms with van der Waals surface area (Å²) in [6.45, 7) is 2.16. The highest BCUT2D eigenvalue weighted by Gasteiger charge is 2.33. The van der Waals surface area contributed by atoms with Gasteiger partial charge in [-0.25, -0.2) is 0 Å². The molecule has 0 amide bonds. The summed E-state index contributed by atoms with van der Waals surface area (Å²) in [6, 6.07) is 18.1. The molecule has 1 aliphatic carbocycles. The van der Waals surface area contributed by atoms with Crippen molar-refractivity contribution in [1.82, 2.24) is 0 Å². The van der Waals surface area contributed by atoms with E-state index in [2.05, 4.69) is 19.1 Å². The standard InChI is InChI=1S/C20H21NO/c1-2-7-14-8-6-11-16(12-14)19-18(21)13-17(20(19)22)15-9-4-3-5-10-15/h3-6,8-12,17H,2,7,13,21H2,1H3. The van der Waals surface area contributed by atoms with Gasteiger partial charge in [0.1, 0.15) is 0 Å². The number of carbonyl (C=O) groups is 1. The molecule has 0 fully saturated rings. The lowest BCUT2D eigenvalue weighted by Crippen LogP contribution is -2.08. The van der Waals surface area contributed by atoms with Crippen LogP contribution in [0.1, 0.15) is 42.4 Å². The van der Waals surface area contributed by atoms with Gasteiger partial charge in [0.15, 0.2) is 5.78 Å². The zero-order valence-corrected chi connectivity index (χ0v) is 12.9. The molecule has 1 unspecified atom stereocenters. The molecule has 0 radical (unpaired) electrons. The number of nitrogens with two attached hydrogens (primary N) is 1. The van der Waals surface area contributed by atoms with E-state index in [1.54, 1.807) is 0 Å². The Hall–Kier alpha value is -2.35. The lowest BCUT2D eigenvalue weighted by molar-refractivity contribution is -0.114. The van der Waals surface area contributed by atoms with Gasteiger partial charge in [-0.2, -0.15) is 0 Å². The molecule has 2 heteroatoms. The zero-order chi connectivity index (χ0) is 15.5. The summed E-state index contributed by atoms with van der Waals surface area (Å²) in [5, 5.41) is 0. The van der Waals surface area contributed by atoms with Crippen LogP contribution in [0.5, 0.6) is 0 Å². The topological polar surface area (TPSA) is 43.1 Å². The van der Waals surface area contributed by atoms with E-state index in [9.17, 15) is 4.79 Å². The van der Waals surface area contributed by atoms with Crippen LogP contribution in [0, 0.1) is 0 Å². The molecule has 2 N–H and O–H groups in total. The van der Waals surface area contributed by atoms with Gasteiger partial charge < -0.3 is 5.73 Å². The van der Waals surface area contributed by atoms with Crippen molar-refractivity contribution in [3.63, 3.8) is 0 Å². The van der Waals surface area contributed by atoms with Crippen molar-refractivity contribution in [2.24, 2.45) is 5.73 Å². The summed E-state index contributed by atoms with van der Waals surface area (Å²) in [6.07, 6.45) is 2.74. The van der Waals surface area contributed by atoms with Crippen molar-refractivity contribution >= 4 is 11.4 Å². The van der Waals surface area contributed by atoms with Crippen molar-refractivity contribution in [2.75, 3.05) is 0 Å². The van der Waals surface area contributed by atoms with E-state index >= 15 is 0 Å². The van der Waals surface area contributed by atoms with Crippen molar-refractivity contribution in [3.05, 3.63) is 77.0 Å². The van der Waals surface area contributed by atoms with Crippen LogP contribution in [0.15, 0.2) is 60.3 Å². The molecule has 0 aliphatic heterocycles. The molecule has 0 saturated carbocycles. The Bertz CT molecular complexity index is 715. The number of rotatable bonds is 4. The van der Waals surface area contributed by atoms with Gasteiger partial charge in [0.05, 0.1) is 5.92 Å². The zero-order valence-electron chi connectivity index (χ0n) is 12.9. The molecule has 3 rings (SSSR count). The summed E-state index contributed by atoms with van der Waals surface area (Å²) < 4.78 is 0. The predicted octanol–water partition coefficient (Wildman–Crippen LogP) is 4.07. The van der Waals surface area contributed by atoms with E-state index in [4.69, 9.17) is 5.73 Å². The smallest absolute Gasteiger partial charge is 0.173 e. The SMILES string of the molecule is CCCc1cccc(C2=C(N)CC(c3ccccc3)C2=O)c1. The van der Waals surface area contributed by atoms with Gasteiger partial charge in [0, 0.05) is 17.7 Å². The first kappa shape index (κ1) is 14.6. The maximum Gasteiger partial charge on any atom is 0.173 e. The minimum atomic E-state index is -0.133. The number of allylic oxidation sites excluding steroid dienone is 2. The highest BCUT2D eigenvalue weighted by molar-refractivity contribution is 6.26. The molecule has 22 heavy (non-hydrogen) atoms. The van der Waals surface area contributed by atoms with E-state index in [1.165, 1.54) is 5.56 Å². The molecule has 0 bridgehead atoms. The Kier molecular flexibility index (Phi) is 4.10. The Balaban J connectivity index is 1.93. The first-order chi connectivity index (χ1) is 10.7. The van der Waals surface area contributed by atoms with Crippen molar-refractivity contribution < 1.29 is 4.79 Å². The second kappa shape index (κ2) is 6.18. The third kappa shape index (κ3) is 2.69. The highest BCUT2D eigenvalue weighted by Crippen LogP contribution is 2.38. The van der Waals surface area contributed by atoms with Crippen LogP contribution in [0.4, 0.5) is 0 Å². The maximum atomic E-state index is 12.8. The van der Waals surface area contributed by atoms with E-state index in [-0.39, 0.29) is 11.7 Å². The summed E-state index contributed by atoms with van der Waals surface area (Å²) in [5.41, 5.74) is 10.9. The number of hydrogen-bond acceptors (Lipinski definition) is 2. The van der Waals surface area contributed by atoms with Crippen LogP contribution in [0.2, 0.25) is 0 Å². The molecular formula is C20H21NO. The van der Waals surface area contributed by atoms with Gasteiger partial charge in [0.2, 0.25) is 0 Å². The summed E-state index contributed by atoms with van der Waals surface area (Å²) in [5.74, 6) is 0.0170. The largest absolute Gasteiger partial charge is 0.401 e. The minimum absolute atomic E-state index is 0.133. The fourth-order valence-corrected chi connectivity index (χ4v) is 3.20. The third-order valence-corrected chi connectivity index (χ3v) is 4.26. The Morgan fingerprint density at radius 3 is 2.59 bits per heavy atom. The minimum Gasteiger partial charge on any atom is -0.401 e. The van der Waals surface area contributed by atoms with Crippen LogP contribution in [-0.2, 0) is 11.2 Å². The fraction of sp³-hybridized carbons (Fsp3) is 0.250. The second-order valence-electron chi connectivity index (χ2n) is 5.88. The number of aryl methyl sites for hydroxylation is 1. The van der Waals surface area contributed by atoms with Gasteiger partial charge in [0.25, 0.3) is 0 Å². The molecule has 112 valence electrons. The Morgan fingerprint density at radius 2 is 1.86 bits per heavy atom. The van der Waals surface area contributed by atoms with Gasteiger partial charge in [-0.1, -0.05) is 67.9 Å². The van der Waals surface area contributed by atoms with Gasteiger partial charge in [-0.3, -0.25) is 4.79 Å². The van der Waals surface area contributed by atoms with E-state index in [1.807, 2.05) is 42.5 Å². The molecule has 0 aromatic heterocycles. The van der Waals surface area contributed by atoms with Crippen LogP contribution < -0.4 is 5.73 Å². The van der Waals surface area contributed by atoms with Gasteiger partial charge in [-0.15, -0.1) is 0 Å². The van der Waals surface area contributed by atoms with Gasteiger partial charge in [-0.05, 0) is 23.1 Å². The molecule has 0 spiro atoms. The summed E-state index contributed by atoms with van der Waals surface area (Å²) in [4.78, 5) is 12.8. The van der Waals surface area contributed by atoms with E-state index in [0.717, 1.165) is 24.0 Å². The normalized spacial score (nSPS) is 18.0. The predicted molar refractivity (Wildman–Crippen MR) is 90.4 cm³/mol. The summed E-state index contributed by atoms with van der Waals surface area (Å²) >= 11 is 0. The molecule has 0 heterocycles. The Labute approximate surface area is 131 Å². The number of benzene rings is 2. The Morgan fingerprint density at radius 1 is 1.09 bits per heavy atom. The average Bonchev–Trinajstić information content (AvgIpc) is 2.84. The molecule has 2 aromatic rings. The van der Waals surface area contributed by atoms with Crippen LogP contribution in [0.25, 0.3) is 5.57 Å². The molecular weight excluding hydrogens is 270 g/mol. The van der Waals surface area contributed by atoms with Crippen molar-refractivity contribution in [1.29, 1.82) is 0 Å². The van der Waals surface area contributed by atoms with Crippen LogP contribution >= 0.6 is 0 Å². The number of Topliss-reactive ketones (excluding diaryl/α,β-unsaturated/α-hetero) is 1. The third-order valence-electron chi connectivity index (χ3n) is 4.26. The molecule has 0 saturated heterocycles. The van der Waals surface area contributed by atoms with Crippen molar-refractivity contribution in [2.45, 2.75) is 32.1 Å². The molecule has 1 aliphatic rings. The first-order valence-electron chi connectivity index (χ1n) is 7.87. The van der Waals surface area contributed by atoms with Crippen molar-refractivity contribution in [3.8, 4) is 0 Å². The lowest BCUT2D eigenvalue weighted by Gasteiger charge is -2.10. The lowest BCUT2D eigenvalue weighted by atomic mass is 9.92. The van der Waals surface area contributed by atoms with Crippen LogP contribution in [-0.4, -0.2) is 5.78 Å². The number of carbonyl (C=O) groups excluding carboxylic acids is 1. The number of ketones is 1. The molecule has 1 atom stereocenters. The maximum absolute atomic E-state index is 12.8. The van der Waals surface area contributed by atoms with E-state index < -0.39 is 0 Å². The number of hydrogen-bond donors (Lipinski definition) is 1.